The van der Waals surface area contributed by atoms with Gasteiger partial charge in [-0.25, -0.2) is 0 Å². The Hall–Kier alpha value is -1.17. The van der Waals surface area contributed by atoms with E-state index in [1.807, 2.05) is 6.92 Å². The summed E-state index contributed by atoms with van der Waals surface area (Å²) in [6.07, 6.45) is 5.74. The van der Waals surface area contributed by atoms with Crippen LogP contribution < -0.4 is 11.1 Å². The fourth-order valence-electron chi connectivity index (χ4n) is 0.545. The minimum absolute atomic E-state index is 0.202. The number of guanidine groups is 1. The number of hydrogen-bond acceptors (Lipinski definition) is 1. The van der Waals surface area contributed by atoms with Crippen LogP contribution in [0.3, 0.4) is 0 Å². The largest absolute Gasteiger partial charge is 0.370 e. The second-order valence-corrected chi connectivity index (χ2v) is 2.06. The molecule has 0 aliphatic rings. The van der Waals surface area contributed by atoms with Crippen LogP contribution in [-0.2, 0) is 0 Å². The Morgan fingerprint density at radius 1 is 1.90 bits per heavy atom. The van der Waals surface area contributed by atoms with Gasteiger partial charge in [0.25, 0.3) is 0 Å². The molecule has 0 bridgehead atoms. The zero-order valence-electron chi connectivity index (χ0n) is 6.39. The molecule has 56 valence electrons. The summed E-state index contributed by atoms with van der Waals surface area (Å²) in [6.45, 7) is 1.96. The van der Waals surface area contributed by atoms with Gasteiger partial charge in [-0.1, -0.05) is 0 Å². The van der Waals surface area contributed by atoms with Crippen LogP contribution in [0.5, 0.6) is 0 Å². The summed E-state index contributed by atoms with van der Waals surface area (Å²) in [6, 6.07) is 0.202. The van der Waals surface area contributed by atoms with Crippen molar-refractivity contribution < 1.29 is 0 Å². The van der Waals surface area contributed by atoms with Crippen LogP contribution in [-0.4, -0.2) is 19.0 Å². The molecule has 1 unspecified atom stereocenters. The lowest BCUT2D eigenvalue weighted by atomic mass is 10.2. The van der Waals surface area contributed by atoms with E-state index in [1.54, 1.807) is 7.05 Å². The minimum Gasteiger partial charge on any atom is -0.370 e. The second kappa shape index (κ2) is 4.68. The van der Waals surface area contributed by atoms with E-state index < -0.39 is 0 Å². The zero-order valence-corrected chi connectivity index (χ0v) is 6.39. The van der Waals surface area contributed by atoms with E-state index in [0.717, 1.165) is 0 Å². The van der Waals surface area contributed by atoms with Crippen molar-refractivity contribution in [1.82, 2.24) is 5.32 Å². The summed E-state index contributed by atoms with van der Waals surface area (Å²) in [5.41, 5.74) is 5.37. The fourth-order valence-corrected chi connectivity index (χ4v) is 0.545. The van der Waals surface area contributed by atoms with Crippen LogP contribution in [0.25, 0.3) is 0 Å². The number of aliphatic imine (C=N–C) groups is 1. The lowest BCUT2D eigenvalue weighted by Gasteiger charge is -2.09. The Labute approximate surface area is 61.7 Å². The van der Waals surface area contributed by atoms with E-state index in [-0.39, 0.29) is 6.04 Å². The summed E-state index contributed by atoms with van der Waals surface area (Å²) in [5, 5.41) is 2.92. The molecule has 0 aromatic heterocycles. The highest BCUT2D eigenvalue weighted by molar-refractivity contribution is 5.77. The topological polar surface area (TPSA) is 50.4 Å². The summed E-state index contributed by atoms with van der Waals surface area (Å²) in [5.74, 6) is 2.96. The first-order valence-electron chi connectivity index (χ1n) is 3.13. The SMILES string of the molecule is C#CCC(C)NC(N)=NC. The predicted molar refractivity (Wildman–Crippen MR) is 43.6 cm³/mol. The molecule has 0 aliphatic carbocycles. The number of nitrogens with one attached hydrogen (secondary N) is 1. The smallest absolute Gasteiger partial charge is 0.188 e. The highest BCUT2D eigenvalue weighted by Gasteiger charge is 1.97. The number of terminal acetylenes is 1. The number of nitrogens with two attached hydrogens (primary N) is 1. The Morgan fingerprint density at radius 2 is 2.50 bits per heavy atom. The standard InChI is InChI=1S/C7H13N3/c1-4-5-6(2)10-7(8)9-3/h1,6H,5H2,2-3H3,(H3,8,9,10). The molecule has 0 radical (unpaired) electrons. The van der Waals surface area contributed by atoms with Crippen LogP contribution in [0.2, 0.25) is 0 Å². The van der Waals surface area contributed by atoms with Crippen molar-refractivity contribution in [2.45, 2.75) is 19.4 Å². The highest BCUT2D eigenvalue weighted by Crippen LogP contribution is 1.85. The molecule has 0 aliphatic heterocycles. The van der Waals surface area contributed by atoms with Crippen molar-refractivity contribution in [2.75, 3.05) is 7.05 Å². The first-order valence-corrected chi connectivity index (χ1v) is 3.13. The molecule has 0 amide bonds. The van der Waals surface area contributed by atoms with Gasteiger partial charge in [-0.15, -0.1) is 12.3 Å². The summed E-state index contributed by atoms with van der Waals surface area (Å²) in [4.78, 5) is 3.73. The Kier molecular flexibility index (Phi) is 4.14. The molecule has 3 N–H and O–H groups in total. The normalized spacial score (nSPS) is 13.9. The Morgan fingerprint density at radius 3 is 2.90 bits per heavy atom. The molecular formula is C7H13N3. The molecule has 0 saturated heterocycles. The van der Waals surface area contributed by atoms with Crippen LogP contribution in [0.1, 0.15) is 13.3 Å². The van der Waals surface area contributed by atoms with Crippen molar-refractivity contribution in [3.8, 4) is 12.3 Å². The van der Waals surface area contributed by atoms with Gasteiger partial charge in [0.15, 0.2) is 5.96 Å². The fraction of sp³-hybridized carbons (Fsp3) is 0.571. The molecule has 0 aromatic carbocycles. The average molecular weight is 139 g/mol. The molecule has 0 heterocycles. The lowest BCUT2D eigenvalue weighted by Crippen LogP contribution is -2.37. The summed E-state index contributed by atoms with van der Waals surface area (Å²) >= 11 is 0. The van der Waals surface area contributed by atoms with Gasteiger partial charge >= 0.3 is 0 Å². The summed E-state index contributed by atoms with van der Waals surface area (Å²) in [7, 11) is 1.63. The minimum atomic E-state index is 0.202. The van der Waals surface area contributed by atoms with Gasteiger partial charge in [-0.2, -0.15) is 0 Å². The molecular weight excluding hydrogens is 126 g/mol. The number of rotatable bonds is 2. The van der Waals surface area contributed by atoms with Gasteiger partial charge in [0.1, 0.15) is 0 Å². The molecule has 0 spiro atoms. The quantitative estimate of drug-likeness (QED) is 0.320. The second-order valence-electron chi connectivity index (χ2n) is 2.06. The van der Waals surface area contributed by atoms with Crippen LogP contribution >= 0.6 is 0 Å². The molecule has 1 atom stereocenters. The number of nitrogens with zero attached hydrogens (tertiary/aromatic N) is 1. The third-order valence-electron chi connectivity index (χ3n) is 1.06. The van der Waals surface area contributed by atoms with Crippen LogP contribution in [0.15, 0.2) is 4.99 Å². The van der Waals surface area contributed by atoms with Gasteiger partial charge in [-0.3, -0.25) is 4.99 Å². The molecule has 0 rings (SSSR count). The van der Waals surface area contributed by atoms with Crippen LogP contribution in [0.4, 0.5) is 0 Å². The first-order chi connectivity index (χ1) is 4.70. The van der Waals surface area contributed by atoms with Crippen molar-refractivity contribution in [3.05, 3.63) is 0 Å². The molecule has 0 fully saturated rings. The van der Waals surface area contributed by atoms with Crippen LogP contribution in [0, 0.1) is 12.3 Å². The molecule has 0 aromatic rings. The monoisotopic (exact) mass is 139 g/mol. The van der Waals surface area contributed by atoms with Crippen molar-refractivity contribution in [1.29, 1.82) is 0 Å². The maximum Gasteiger partial charge on any atom is 0.188 e. The Bertz CT molecular complexity index is 155. The van der Waals surface area contributed by atoms with E-state index in [2.05, 4.69) is 16.2 Å². The van der Waals surface area contributed by atoms with Gasteiger partial charge < -0.3 is 11.1 Å². The van der Waals surface area contributed by atoms with E-state index >= 15 is 0 Å². The Balaban J connectivity index is 3.59. The first kappa shape index (κ1) is 8.83. The zero-order chi connectivity index (χ0) is 7.98. The summed E-state index contributed by atoms with van der Waals surface area (Å²) < 4.78 is 0. The van der Waals surface area contributed by atoms with Gasteiger partial charge in [-0.05, 0) is 6.92 Å². The highest BCUT2D eigenvalue weighted by atomic mass is 15.1. The van der Waals surface area contributed by atoms with E-state index in [9.17, 15) is 0 Å². The third-order valence-corrected chi connectivity index (χ3v) is 1.06. The van der Waals surface area contributed by atoms with Gasteiger partial charge in [0, 0.05) is 19.5 Å². The molecule has 0 saturated carbocycles. The molecule has 10 heavy (non-hydrogen) atoms. The van der Waals surface area contributed by atoms with Crippen molar-refractivity contribution in [2.24, 2.45) is 10.7 Å². The third kappa shape index (κ3) is 3.79. The van der Waals surface area contributed by atoms with Crippen molar-refractivity contribution >= 4 is 5.96 Å². The maximum absolute atomic E-state index is 5.37. The molecule has 3 heteroatoms. The van der Waals surface area contributed by atoms with E-state index in [1.165, 1.54) is 0 Å². The predicted octanol–water partition coefficient (Wildman–Crippen LogP) is -0.0677. The van der Waals surface area contributed by atoms with Gasteiger partial charge in [0.2, 0.25) is 0 Å². The van der Waals surface area contributed by atoms with Crippen molar-refractivity contribution in [3.63, 3.8) is 0 Å². The average Bonchev–Trinajstić information content (AvgIpc) is 1.88. The van der Waals surface area contributed by atoms with E-state index in [0.29, 0.717) is 12.4 Å². The lowest BCUT2D eigenvalue weighted by molar-refractivity contribution is 0.680. The molecule has 3 nitrogen and oxygen atoms in total. The van der Waals surface area contributed by atoms with Gasteiger partial charge in [0.05, 0.1) is 0 Å². The number of hydrogen-bond donors (Lipinski definition) is 2. The van der Waals surface area contributed by atoms with E-state index in [4.69, 9.17) is 12.2 Å². The maximum atomic E-state index is 5.37.